The highest BCUT2D eigenvalue weighted by atomic mass is 28.3. The van der Waals surface area contributed by atoms with Crippen molar-refractivity contribution in [3.63, 3.8) is 0 Å². The summed E-state index contributed by atoms with van der Waals surface area (Å²) in [5, 5.41) is 4.22. The second kappa shape index (κ2) is 10.7. The number of fused-ring (bicyclic) bond motifs is 8. The zero-order chi connectivity index (χ0) is 34.9. The minimum absolute atomic E-state index is 0.0639. The third kappa shape index (κ3) is 4.04. The molecule has 0 bridgehead atoms. The molecule has 1 spiro atoms. The van der Waals surface area contributed by atoms with Gasteiger partial charge in [0.1, 0.15) is 23.0 Å². The van der Waals surface area contributed by atoms with Gasteiger partial charge in [0, 0.05) is 17.1 Å². The highest BCUT2D eigenvalue weighted by Gasteiger charge is 2.53. The minimum Gasteiger partial charge on any atom is -0.458 e. The first-order chi connectivity index (χ1) is 24.9. The van der Waals surface area contributed by atoms with Crippen LogP contribution < -0.4 is 35.1 Å². The second-order valence-corrected chi connectivity index (χ2v) is 15.0. The van der Waals surface area contributed by atoms with Crippen molar-refractivity contribution >= 4 is 45.9 Å². The van der Waals surface area contributed by atoms with Crippen molar-refractivity contribution in [2.45, 2.75) is 0 Å². The molecule has 0 saturated heterocycles. The summed E-state index contributed by atoms with van der Waals surface area (Å²) >= 11 is 0. The van der Waals surface area contributed by atoms with Crippen LogP contribution in [-0.2, 0) is 0 Å². The summed E-state index contributed by atoms with van der Waals surface area (Å²) in [7, 11) is -3.12. The predicted octanol–water partition coefficient (Wildman–Crippen LogP) is 8.41. The second-order valence-electron chi connectivity index (χ2n) is 11.3. The van der Waals surface area contributed by atoms with E-state index < -0.39 is 26.2 Å². The highest BCUT2D eigenvalue weighted by Crippen LogP contribution is 2.40. The van der Waals surface area contributed by atoms with Gasteiger partial charge in [-0.2, -0.15) is 0 Å². The molecule has 0 atom stereocenters. The lowest BCUT2D eigenvalue weighted by Crippen LogP contribution is -2.77. The monoisotopic (exact) mass is 612 g/mol. The van der Waals surface area contributed by atoms with Crippen molar-refractivity contribution < 1.29 is 16.3 Å². The third-order valence-electron chi connectivity index (χ3n) is 8.88. The van der Waals surface area contributed by atoms with Crippen molar-refractivity contribution in [3.05, 3.63) is 176 Å². The van der Waals surface area contributed by atoms with Gasteiger partial charge in [-0.25, -0.2) is 0 Å². The highest BCUT2D eigenvalue weighted by molar-refractivity contribution is 7.21. The molecule has 0 N–H and O–H groups in total. The average molecular weight is 613 g/mol. The van der Waals surface area contributed by atoms with Gasteiger partial charge in [0.05, 0.1) is 6.85 Å². The van der Waals surface area contributed by atoms with Gasteiger partial charge in [0.2, 0.25) is 0 Å². The number of rotatable bonds is 4. The van der Waals surface area contributed by atoms with Crippen LogP contribution in [0.3, 0.4) is 0 Å². The molecule has 0 aromatic heterocycles. The van der Waals surface area contributed by atoms with E-state index in [4.69, 9.17) is 16.3 Å². The molecule has 0 saturated carbocycles. The van der Waals surface area contributed by atoms with Crippen LogP contribution >= 0.6 is 0 Å². The quantitative estimate of drug-likeness (QED) is 0.186. The molecule has 218 valence electrons. The summed E-state index contributed by atoms with van der Waals surface area (Å²) in [6.45, 7) is 0. The molecular formula is C42H29NO2Si. The van der Waals surface area contributed by atoms with E-state index in [1.807, 2.05) is 121 Å². The lowest BCUT2D eigenvalue weighted by Gasteiger charge is -2.43. The van der Waals surface area contributed by atoms with Gasteiger partial charge < -0.3 is 14.4 Å². The number of para-hydroxylation sites is 4. The van der Waals surface area contributed by atoms with Gasteiger partial charge in [-0.3, -0.25) is 0 Å². The predicted molar refractivity (Wildman–Crippen MR) is 190 cm³/mol. The molecule has 7 aromatic rings. The smallest absolute Gasteiger partial charge is 0.196 e. The number of hydrogen-bond donors (Lipinski definition) is 0. The standard InChI is InChI=1S/C42H29NO2Si/c1-3-13-30(14-4-1)31-23-25-33(26-24-31)43(32-15-5-2-6-16-32)34-27-28-38-42(29-34)46(41-22-12-9-19-37(41)45-38)39-20-10-7-17-35(39)44-36-18-8-11-21-40(36)46/h1-29H/i2D,5D,6D,15D,16D. The molecule has 0 fully saturated rings. The van der Waals surface area contributed by atoms with Crippen LogP contribution in [0, 0.1) is 0 Å². The Morgan fingerprint density at radius 2 is 0.891 bits per heavy atom. The Kier molecular flexibility index (Phi) is 5.05. The Hall–Kier alpha value is -5.84. The van der Waals surface area contributed by atoms with Crippen molar-refractivity contribution in [1.82, 2.24) is 0 Å². The van der Waals surface area contributed by atoms with E-state index in [1.165, 1.54) is 0 Å². The first-order valence-electron chi connectivity index (χ1n) is 17.7. The van der Waals surface area contributed by atoms with Crippen molar-refractivity contribution in [3.8, 4) is 34.1 Å². The molecule has 0 amide bonds. The lowest BCUT2D eigenvalue weighted by atomic mass is 10.0. The van der Waals surface area contributed by atoms with E-state index in [0.29, 0.717) is 17.1 Å². The van der Waals surface area contributed by atoms with E-state index in [2.05, 4.69) is 24.3 Å². The fourth-order valence-electron chi connectivity index (χ4n) is 6.94. The van der Waals surface area contributed by atoms with Crippen LogP contribution in [0.1, 0.15) is 6.85 Å². The van der Waals surface area contributed by atoms with E-state index in [-0.39, 0.29) is 17.8 Å². The topological polar surface area (TPSA) is 21.7 Å². The molecule has 46 heavy (non-hydrogen) atoms. The summed E-state index contributed by atoms with van der Waals surface area (Å²) in [6.07, 6.45) is 0. The van der Waals surface area contributed by atoms with Crippen LogP contribution in [-0.4, -0.2) is 8.07 Å². The summed E-state index contributed by atoms with van der Waals surface area (Å²) in [4.78, 5) is 1.77. The van der Waals surface area contributed by atoms with E-state index in [9.17, 15) is 0 Å². The summed E-state index contributed by atoms with van der Waals surface area (Å²) < 4.78 is 56.8. The van der Waals surface area contributed by atoms with Crippen molar-refractivity contribution in [1.29, 1.82) is 0 Å². The number of ether oxygens (including phenoxy) is 2. The molecule has 2 aliphatic heterocycles. The Balaban J connectivity index is 1.34. The molecule has 3 nitrogen and oxygen atoms in total. The van der Waals surface area contributed by atoms with E-state index in [1.54, 1.807) is 4.90 Å². The minimum atomic E-state index is -3.12. The first-order valence-corrected chi connectivity index (χ1v) is 17.2. The molecule has 4 heteroatoms. The molecule has 2 aliphatic rings. The largest absolute Gasteiger partial charge is 0.458 e. The summed E-state index contributed by atoms with van der Waals surface area (Å²) in [5.41, 5.74) is 3.39. The zero-order valence-electron chi connectivity index (χ0n) is 29.6. The van der Waals surface area contributed by atoms with Gasteiger partial charge in [-0.05, 0) is 92.5 Å². The summed E-state index contributed by atoms with van der Waals surface area (Å²) in [5.74, 6) is 3.07. The van der Waals surface area contributed by atoms with Crippen molar-refractivity contribution in [2.24, 2.45) is 0 Å². The fourth-order valence-corrected chi connectivity index (χ4v) is 12.1. The van der Waals surface area contributed by atoms with Gasteiger partial charge in [-0.15, -0.1) is 0 Å². The normalized spacial score (nSPS) is 14.8. The number of anilines is 3. The van der Waals surface area contributed by atoms with E-state index in [0.717, 1.165) is 49.1 Å². The van der Waals surface area contributed by atoms with Crippen LogP contribution in [0.5, 0.6) is 23.0 Å². The fraction of sp³-hybridized carbons (Fsp3) is 0. The molecule has 0 radical (unpaired) electrons. The van der Waals surface area contributed by atoms with Crippen molar-refractivity contribution in [2.75, 3.05) is 4.90 Å². The number of nitrogens with zero attached hydrogens (tertiary/aromatic N) is 1. The zero-order valence-corrected chi connectivity index (χ0v) is 25.6. The maximum atomic E-state index is 9.06. The van der Waals surface area contributed by atoms with Gasteiger partial charge in [0.15, 0.2) is 8.07 Å². The Morgan fingerprint density at radius 3 is 1.48 bits per heavy atom. The Bertz CT molecular complexity index is 2380. The number of hydrogen-bond acceptors (Lipinski definition) is 3. The van der Waals surface area contributed by atoms with Gasteiger partial charge in [0.25, 0.3) is 0 Å². The Labute approximate surface area is 276 Å². The summed E-state index contributed by atoms with van der Waals surface area (Å²) in [6, 6.07) is 46.5. The molecule has 0 aliphatic carbocycles. The average Bonchev–Trinajstić information content (AvgIpc) is 3.18. The molecule has 0 unspecified atom stereocenters. The number of benzene rings is 7. The molecule has 7 aromatic carbocycles. The SMILES string of the molecule is [2H]c1c([2H])c([2H])c(N(c2ccc(-c3ccccc3)cc2)c2ccc3c(c2)[Si]2(c4ccccc4Oc4ccccc42)c2ccccc2O3)c([2H])c1[2H]. The van der Waals surface area contributed by atoms with Crippen LogP contribution in [0.25, 0.3) is 11.1 Å². The van der Waals surface area contributed by atoms with Gasteiger partial charge in [-0.1, -0.05) is 115 Å². The Morgan fingerprint density at radius 1 is 0.413 bits per heavy atom. The first kappa shape index (κ1) is 21.8. The van der Waals surface area contributed by atoms with E-state index >= 15 is 0 Å². The molecular weight excluding hydrogens is 579 g/mol. The van der Waals surface area contributed by atoms with Gasteiger partial charge >= 0.3 is 0 Å². The van der Waals surface area contributed by atoms with Crippen LogP contribution in [0.2, 0.25) is 0 Å². The maximum Gasteiger partial charge on any atom is 0.196 e. The lowest BCUT2D eigenvalue weighted by molar-refractivity contribution is 0.481. The molecule has 2 heterocycles. The van der Waals surface area contributed by atoms with Crippen LogP contribution in [0.15, 0.2) is 176 Å². The maximum absolute atomic E-state index is 9.06. The molecule has 9 rings (SSSR count). The third-order valence-corrected chi connectivity index (χ3v) is 13.7. The van der Waals surface area contributed by atoms with Crippen LogP contribution in [0.4, 0.5) is 17.1 Å².